The second kappa shape index (κ2) is 3.84. The van der Waals surface area contributed by atoms with E-state index >= 15 is 0 Å². The maximum atomic E-state index is 9.83. The molecule has 0 radical (unpaired) electrons. The maximum absolute atomic E-state index is 9.83. The lowest BCUT2D eigenvalue weighted by molar-refractivity contribution is -0.107. The molecule has 0 spiro atoms. The Morgan fingerprint density at radius 1 is 1.86 bits per heavy atom. The van der Waals surface area contributed by atoms with Crippen molar-refractivity contribution in [2.24, 2.45) is 5.73 Å². The van der Waals surface area contributed by atoms with Gasteiger partial charge in [-0.2, -0.15) is 0 Å². The lowest BCUT2D eigenvalue weighted by Gasteiger charge is -1.72. The number of carbonyl (C=O) groups is 1. The molecule has 0 heterocycles. The quantitative estimate of drug-likeness (QED) is 0.419. The van der Waals surface area contributed by atoms with E-state index in [0.717, 1.165) is 0 Å². The molecule has 0 aliphatic rings. The zero-order chi connectivity index (χ0) is 5.70. The zero-order valence-corrected chi connectivity index (χ0v) is 4.48. The fourth-order valence-electron chi connectivity index (χ4n) is 0.161. The number of nitrogens with two attached hydrogens (primary N) is 1. The van der Waals surface area contributed by atoms with Crippen molar-refractivity contribution in [3.05, 3.63) is 12.2 Å². The number of rotatable bonds is 2. The second-order valence-corrected chi connectivity index (χ2v) is 1.31. The predicted molar refractivity (Wildman–Crippen MR) is 29.1 cm³/mol. The molecule has 0 saturated carbocycles. The van der Waals surface area contributed by atoms with Crippen LogP contribution in [-0.4, -0.2) is 11.8 Å². The highest BCUT2D eigenvalue weighted by Crippen LogP contribution is 1.78. The van der Waals surface area contributed by atoms with Crippen molar-refractivity contribution in [3.63, 3.8) is 0 Å². The van der Waals surface area contributed by atoms with Gasteiger partial charge in [0.15, 0.2) is 0 Å². The van der Waals surface area contributed by atoms with Crippen molar-refractivity contribution in [2.45, 2.75) is 0 Å². The van der Waals surface area contributed by atoms with Crippen LogP contribution in [0.15, 0.2) is 12.2 Å². The van der Waals surface area contributed by atoms with Crippen LogP contribution in [0.25, 0.3) is 0 Å². The monoisotopic (exact) mass is 119 g/mol. The Hall–Kier alpha value is -0.340. The van der Waals surface area contributed by atoms with Gasteiger partial charge in [-0.05, 0) is 17.7 Å². The third kappa shape index (κ3) is 5.66. The van der Waals surface area contributed by atoms with Crippen molar-refractivity contribution in [1.82, 2.24) is 0 Å². The molecule has 0 aromatic carbocycles. The zero-order valence-electron chi connectivity index (χ0n) is 3.73. The van der Waals surface area contributed by atoms with Crippen LogP contribution < -0.4 is 5.73 Å². The first-order valence-corrected chi connectivity index (χ1v) is 2.21. The van der Waals surface area contributed by atoms with Gasteiger partial charge in [0.2, 0.25) is 5.24 Å². The van der Waals surface area contributed by atoms with E-state index in [-0.39, 0.29) is 0 Å². The average molecular weight is 120 g/mol. The van der Waals surface area contributed by atoms with Gasteiger partial charge in [-0.1, -0.05) is 6.08 Å². The van der Waals surface area contributed by atoms with Crippen LogP contribution in [0.4, 0.5) is 0 Å². The fourth-order valence-corrected chi connectivity index (χ4v) is 0.250. The summed E-state index contributed by atoms with van der Waals surface area (Å²) < 4.78 is 0. The Morgan fingerprint density at radius 2 is 2.43 bits per heavy atom. The van der Waals surface area contributed by atoms with Crippen molar-refractivity contribution in [3.8, 4) is 0 Å². The standard InChI is InChI=1S/C4H6ClNO/c5-4(7)2-1-3-6/h1-2H,3,6H2. The summed E-state index contributed by atoms with van der Waals surface area (Å²) in [6.07, 6.45) is 2.72. The molecule has 40 valence electrons. The third-order valence-electron chi connectivity index (χ3n) is 0.385. The Labute approximate surface area is 46.9 Å². The number of hydrogen-bond acceptors (Lipinski definition) is 2. The Bertz CT molecular complexity index is 89.7. The largest absolute Gasteiger partial charge is 0.327 e. The van der Waals surface area contributed by atoms with Crippen LogP contribution in [0.2, 0.25) is 0 Å². The van der Waals surface area contributed by atoms with Gasteiger partial charge in [0.05, 0.1) is 0 Å². The molecular formula is C4H6ClNO. The summed E-state index contributed by atoms with van der Waals surface area (Å²) in [5.41, 5.74) is 4.98. The molecule has 0 rings (SSSR count). The van der Waals surface area contributed by atoms with Crippen LogP contribution in [0.1, 0.15) is 0 Å². The Balaban J connectivity index is 3.26. The third-order valence-corrected chi connectivity index (χ3v) is 0.511. The van der Waals surface area contributed by atoms with Gasteiger partial charge in [-0.15, -0.1) is 0 Å². The van der Waals surface area contributed by atoms with Gasteiger partial charge in [0, 0.05) is 6.54 Å². The van der Waals surface area contributed by atoms with Crippen LogP contribution in [0.5, 0.6) is 0 Å². The molecule has 0 aliphatic heterocycles. The normalized spacial score (nSPS) is 10.0. The molecule has 3 heteroatoms. The number of halogens is 1. The summed E-state index contributed by atoms with van der Waals surface area (Å²) in [7, 11) is 0. The first-order valence-electron chi connectivity index (χ1n) is 1.83. The van der Waals surface area contributed by atoms with E-state index in [1.807, 2.05) is 0 Å². The summed E-state index contributed by atoms with van der Waals surface area (Å²) in [6.45, 7) is 0.360. The average Bonchev–Trinajstić information content (AvgIpc) is 1.61. The Kier molecular flexibility index (Phi) is 3.65. The molecule has 0 aromatic rings. The Morgan fingerprint density at radius 3 is 2.57 bits per heavy atom. The first kappa shape index (κ1) is 6.66. The summed E-state index contributed by atoms with van der Waals surface area (Å²) in [6, 6.07) is 0. The van der Waals surface area contributed by atoms with E-state index in [9.17, 15) is 4.79 Å². The molecule has 0 bridgehead atoms. The molecule has 0 fully saturated rings. The highest BCUT2D eigenvalue weighted by Gasteiger charge is 1.79. The van der Waals surface area contributed by atoms with Crippen LogP contribution in [0.3, 0.4) is 0 Å². The van der Waals surface area contributed by atoms with Gasteiger partial charge in [-0.3, -0.25) is 4.79 Å². The minimum atomic E-state index is -0.481. The van der Waals surface area contributed by atoms with Crippen molar-refractivity contribution < 1.29 is 4.79 Å². The van der Waals surface area contributed by atoms with Crippen LogP contribution in [0, 0.1) is 0 Å². The topological polar surface area (TPSA) is 43.1 Å². The van der Waals surface area contributed by atoms with E-state index in [1.165, 1.54) is 12.2 Å². The second-order valence-electron chi connectivity index (χ2n) is 0.942. The van der Waals surface area contributed by atoms with E-state index in [4.69, 9.17) is 17.3 Å². The van der Waals surface area contributed by atoms with Gasteiger partial charge in [0.25, 0.3) is 0 Å². The minimum absolute atomic E-state index is 0.360. The molecule has 0 atom stereocenters. The molecule has 2 nitrogen and oxygen atoms in total. The summed E-state index contributed by atoms with van der Waals surface area (Å²) in [5.74, 6) is 0. The van der Waals surface area contributed by atoms with Gasteiger partial charge in [-0.25, -0.2) is 0 Å². The molecule has 0 saturated heterocycles. The van der Waals surface area contributed by atoms with Crippen molar-refractivity contribution >= 4 is 16.8 Å². The number of hydrogen-bond donors (Lipinski definition) is 1. The highest BCUT2D eigenvalue weighted by atomic mass is 35.5. The first-order chi connectivity index (χ1) is 3.27. The molecule has 7 heavy (non-hydrogen) atoms. The van der Waals surface area contributed by atoms with Crippen LogP contribution >= 0.6 is 11.6 Å². The van der Waals surface area contributed by atoms with Crippen LogP contribution in [-0.2, 0) is 4.79 Å². The minimum Gasteiger partial charge on any atom is -0.327 e. The van der Waals surface area contributed by atoms with E-state index in [0.29, 0.717) is 6.54 Å². The smallest absolute Gasteiger partial charge is 0.244 e. The fraction of sp³-hybridized carbons (Fsp3) is 0.250. The van der Waals surface area contributed by atoms with Crippen molar-refractivity contribution in [1.29, 1.82) is 0 Å². The molecule has 0 aliphatic carbocycles. The van der Waals surface area contributed by atoms with E-state index in [1.54, 1.807) is 0 Å². The molecular weight excluding hydrogens is 114 g/mol. The predicted octanol–water partition coefficient (Wildman–Crippen LogP) is 0.267. The summed E-state index contributed by atoms with van der Waals surface area (Å²) in [4.78, 5) is 9.83. The number of carbonyl (C=O) groups excluding carboxylic acids is 1. The van der Waals surface area contributed by atoms with E-state index < -0.39 is 5.24 Å². The molecule has 0 unspecified atom stereocenters. The van der Waals surface area contributed by atoms with Gasteiger partial charge >= 0.3 is 0 Å². The lowest BCUT2D eigenvalue weighted by Crippen LogP contribution is -1.93. The highest BCUT2D eigenvalue weighted by molar-refractivity contribution is 6.66. The summed E-state index contributed by atoms with van der Waals surface area (Å²) in [5, 5.41) is -0.481. The van der Waals surface area contributed by atoms with Gasteiger partial charge < -0.3 is 5.73 Å². The molecule has 0 amide bonds. The number of allylic oxidation sites excluding steroid dienone is 1. The summed E-state index contributed by atoms with van der Waals surface area (Å²) >= 11 is 4.88. The molecule has 0 aromatic heterocycles. The SMILES string of the molecule is NCC=CC(=O)Cl. The van der Waals surface area contributed by atoms with E-state index in [2.05, 4.69) is 0 Å². The maximum Gasteiger partial charge on any atom is 0.244 e. The lowest BCUT2D eigenvalue weighted by atomic mass is 10.5. The van der Waals surface area contributed by atoms with Gasteiger partial charge in [0.1, 0.15) is 0 Å². The van der Waals surface area contributed by atoms with Crippen molar-refractivity contribution in [2.75, 3.05) is 6.54 Å². The molecule has 2 N–H and O–H groups in total.